The topological polar surface area (TPSA) is 62.6 Å². The molecule has 0 unspecified atom stereocenters. The van der Waals surface area contributed by atoms with E-state index < -0.39 is 10.0 Å². The van der Waals surface area contributed by atoms with Gasteiger partial charge in [-0.1, -0.05) is 40.2 Å². The quantitative estimate of drug-likeness (QED) is 0.586. The minimum atomic E-state index is -3.39. The highest BCUT2D eigenvalue weighted by molar-refractivity contribution is 9.10. The van der Waals surface area contributed by atoms with Crippen LogP contribution in [0.3, 0.4) is 0 Å². The summed E-state index contributed by atoms with van der Waals surface area (Å²) >= 11 is 3.43. The van der Waals surface area contributed by atoms with Gasteiger partial charge in [0.2, 0.25) is 10.0 Å². The first-order valence-corrected chi connectivity index (χ1v) is 10.7. The van der Waals surface area contributed by atoms with Crippen LogP contribution >= 0.6 is 15.9 Å². The van der Waals surface area contributed by atoms with Crippen molar-refractivity contribution in [1.82, 2.24) is 9.62 Å². The lowest BCUT2D eigenvalue weighted by atomic mass is 10.2. The molecule has 142 valence electrons. The molecule has 0 aliphatic rings. The number of benzene rings is 2. The fourth-order valence-corrected chi connectivity index (χ4v) is 3.73. The van der Waals surface area contributed by atoms with E-state index in [4.69, 9.17) is 4.42 Å². The van der Waals surface area contributed by atoms with E-state index in [1.54, 1.807) is 12.1 Å². The molecule has 0 aliphatic heterocycles. The minimum absolute atomic E-state index is 0.293. The summed E-state index contributed by atoms with van der Waals surface area (Å²) in [5.41, 5.74) is 2.04. The number of sulfonamides is 1. The second kappa shape index (κ2) is 8.39. The van der Waals surface area contributed by atoms with E-state index in [-0.39, 0.29) is 0 Å². The lowest BCUT2D eigenvalue weighted by Crippen LogP contribution is -2.22. The number of halogens is 1. The highest BCUT2D eigenvalue weighted by atomic mass is 79.9. The van der Waals surface area contributed by atoms with Gasteiger partial charge in [-0.3, -0.25) is 0 Å². The van der Waals surface area contributed by atoms with Crippen LogP contribution in [0.2, 0.25) is 0 Å². The summed E-state index contributed by atoms with van der Waals surface area (Å²) in [6, 6.07) is 18.8. The van der Waals surface area contributed by atoms with Gasteiger partial charge in [0.1, 0.15) is 11.5 Å². The molecule has 0 fully saturated rings. The predicted molar refractivity (Wildman–Crippen MR) is 110 cm³/mol. The van der Waals surface area contributed by atoms with Gasteiger partial charge in [-0.2, -0.15) is 0 Å². The summed E-state index contributed by atoms with van der Waals surface area (Å²) < 4.78 is 32.3. The van der Waals surface area contributed by atoms with Gasteiger partial charge in [-0.15, -0.1) is 0 Å². The number of furan rings is 1. The zero-order valence-electron chi connectivity index (χ0n) is 15.1. The first-order valence-electron chi connectivity index (χ1n) is 8.43. The molecule has 0 saturated heterocycles. The van der Waals surface area contributed by atoms with Crippen molar-refractivity contribution >= 4 is 26.0 Å². The van der Waals surface area contributed by atoms with Gasteiger partial charge in [0.05, 0.1) is 11.4 Å². The molecule has 1 heterocycles. The number of hydrogen-bond acceptors (Lipinski definition) is 4. The molecule has 7 heteroatoms. The lowest BCUT2D eigenvalue weighted by molar-refractivity contribution is 0.493. The summed E-state index contributed by atoms with van der Waals surface area (Å²) in [7, 11) is -0.340. The predicted octanol–water partition coefficient (Wildman–Crippen LogP) is 4.25. The van der Waals surface area contributed by atoms with Gasteiger partial charge in [-0.05, 0) is 42.0 Å². The van der Waals surface area contributed by atoms with Crippen molar-refractivity contribution in [3.8, 4) is 11.3 Å². The van der Waals surface area contributed by atoms with Crippen LogP contribution in [0.15, 0.2) is 74.4 Å². The van der Waals surface area contributed by atoms with Gasteiger partial charge < -0.3 is 9.73 Å². The molecule has 1 aromatic heterocycles. The molecule has 0 amide bonds. The monoisotopic (exact) mass is 448 g/mol. The van der Waals surface area contributed by atoms with E-state index in [0.29, 0.717) is 18.0 Å². The summed E-state index contributed by atoms with van der Waals surface area (Å²) in [5.74, 6) is 1.68. The highest BCUT2D eigenvalue weighted by Crippen LogP contribution is 2.24. The average Bonchev–Trinajstić information content (AvgIpc) is 3.11. The number of nitrogens with one attached hydrogen (secondary N) is 1. The van der Waals surface area contributed by atoms with Crippen molar-refractivity contribution in [3.05, 3.63) is 76.5 Å². The van der Waals surface area contributed by atoms with E-state index in [1.807, 2.05) is 48.5 Å². The maximum absolute atomic E-state index is 12.1. The summed E-state index contributed by atoms with van der Waals surface area (Å²) in [6.45, 7) is 1.21. The maximum Gasteiger partial charge on any atom is 0.242 e. The largest absolute Gasteiger partial charge is 0.460 e. The number of hydrogen-bond donors (Lipinski definition) is 1. The second-order valence-electron chi connectivity index (χ2n) is 6.31. The van der Waals surface area contributed by atoms with E-state index >= 15 is 0 Å². The van der Waals surface area contributed by atoms with Crippen molar-refractivity contribution in [2.75, 3.05) is 14.1 Å². The Labute approximate surface area is 168 Å². The molecule has 3 aromatic rings. The summed E-state index contributed by atoms with van der Waals surface area (Å²) in [5, 5.41) is 3.31. The van der Waals surface area contributed by atoms with Crippen LogP contribution in [0.5, 0.6) is 0 Å². The Hall–Kier alpha value is -1.93. The van der Waals surface area contributed by atoms with Crippen LogP contribution in [-0.2, 0) is 23.1 Å². The van der Waals surface area contributed by atoms with Gasteiger partial charge >= 0.3 is 0 Å². The van der Waals surface area contributed by atoms with Crippen LogP contribution in [0, 0.1) is 0 Å². The molecule has 0 bridgehead atoms. The first-order chi connectivity index (χ1) is 12.9. The Kier molecular flexibility index (Phi) is 6.16. The molecule has 3 rings (SSSR count). The molecule has 0 atom stereocenters. The normalized spacial score (nSPS) is 11.9. The van der Waals surface area contributed by atoms with E-state index in [0.717, 1.165) is 27.1 Å². The molecule has 0 radical (unpaired) electrons. The first kappa shape index (κ1) is 19.8. The SMILES string of the molecule is CN(C)S(=O)(=O)c1ccc(CNCc2ccc(-c3ccc(Br)cc3)o2)cc1. The molecule has 0 saturated carbocycles. The summed E-state index contributed by atoms with van der Waals surface area (Å²) in [4.78, 5) is 0.293. The van der Waals surface area contributed by atoms with Crippen molar-refractivity contribution in [2.24, 2.45) is 0 Å². The molecular formula is C20H21BrN2O3S. The molecule has 1 N–H and O–H groups in total. The Morgan fingerprint density at radius 3 is 2.22 bits per heavy atom. The van der Waals surface area contributed by atoms with Crippen LogP contribution in [0.25, 0.3) is 11.3 Å². The van der Waals surface area contributed by atoms with E-state index in [9.17, 15) is 8.42 Å². The van der Waals surface area contributed by atoms with Gasteiger partial charge in [0, 0.05) is 30.7 Å². The molecule has 2 aromatic carbocycles. The standard InChI is InChI=1S/C20H21BrN2O3S/c1-23(2)27(24,25)19-10-3-15(4-11-19)13-22-14-18-9-12-20(26-18)16-5-7-17(21)8-6-16/h3-12,22H,13-14H2,1-2H3. The van der Waals surface area contributed by atoms with Crippen molar-refractivity contribution in [2.45, 2.75) is 18.0 Å². The van der Waals surface area contributed by atoms with Crippen molar-refractivity contribution in [1.29, 1.82) is 0 Å². The average molecular weight is 449 g/mol. The van der Waals surface area contributed by atoms with Crippen LogP contribution < -0.4 is 5.32 Å². The third-order valence-corrected chi connectivity index (χ3v) is 6.48. The van der Waals surface area contributed by atoms with Crippen molar-refractivity contribution in [3.63, 3.8) is 0 Å². The van der Waals surface area contributed by atoms with Crippen molar-refractivity contribution < 1.29 is 12.8 Å². The Morgan fingerprint density at radius 2 is 1.59 bits per heavy atom. The minimum Gasteiger partial charge on any atom is -0.460 e. The van der Waals surface area contributed by atoms with E-state index in [1.165, 1.54) is 18.4 Å². The highest BCUT2D eigenvalue weighted by Gasteiger charge is 2.16. The van der Waals surface area contributed by atoms with Gasteiger partial charge in [0.25, 0.3) is 0 Å². The maximum atomic E-state index is 12.1. The molecule has 0 aliphatic carbocycles. The molecule has 0 spiro atoms. The Morgan fingerprint density at radius 1 is 0.926 bits per heavy atom. The van der Waals surface area contributed by atoms with Crippen LogP contribution in [0.1, 0.15) is 11.3 Å². The molecule has 5 nitrogen and oxygen atoms in total. The van der Waals surface area contributed by atoms with Gasteiger partial charge in [0.15, 0.2) is 0 Å². The Bertz CT molecular complexity index is 994. The number of rotatable bonds is 7. The smallest absolute Gasteiger partial charge is 0.242 e. The Balaban J connectivity index is 1.57. The van der Waals surface area contributed by atoms with Crippen LogP contribution in [0.4, 0.5) is 0 Å². The third-order valence-electron chi connectivity index (χ3n) is 4.12. The van der Waals surface area contributed by atoms with Gasteiger partial charge in [-0.25, -0.2) is 12.7 Å². The zero-order valence-corrected chi connectivity index (χ0v) is 17.5. The molecular weight excluding hydrogens is 428 g/mol. The second-order valence-corrected chi connectivity index (χ2v) is 9.38. The fraction of sp³-hybridized carbons (Fsp3) is 0.200. The lowest BCUT2D eigenvalue weighted by Gasteiger charge is -2.11. The fourth-order valence-electron chi connectivity index (χ4n) is 2.56. The summed E-state index contributed by atoms with van der Waals surface area (Å²) in [6.07, 6.45) is 0. The third kappa shape index (κ3) is 4.87. The number of nitrogens with zero attached hydrogens (tertiary/aromatic N) is 1. The van der Waals surface area contributed by atoms with Crippen LogP contribution in [-0.4, -0.2) is 26.8 Å². The van der Waals surface area contributed by atoms with E-state index in [2.05, 4.69) is 21.2 Å². The zero-order chi connectivity index (χ0) is 19.4. The molecule has 27 heavy (non-hydrogen) atoms.